The number of aliphatic hydroxyl groups excluding tert-OH is 1. The summed E-state index contributed by atoms with van der Waals surface area (Å²) in [4.78, 5) is 15.4. The molecule has 1 aliphatic heterocycles. The molecule has 124 valence electrons. The molecular formula is C16H26N2O4. The number of ether oxygens (including phenoxy) is 2. The van der Waals surface area contributed by atoms with Crippen LogP contribution < -0.4 is 9.64 Å². The summed E-state index contributed by atoms with van der Waals surface area (Å²) in [5, 5.41) is 8.69. The molecule has 6 nitrogen and oxygen atoms in total. The molecule has 0 atom stereocenters. The molecular weight excluding hydrogens is 284 g/mol. The lowest BCUT2D eigenvalue weighted by Gasteiger charge is -2.35. The number of aliphatic hydroxyl groups is 1. The molecule has 1 fully saturated rings. The molecule has 1 saturated heterocycles. The van der Waals surface area contributed by atoms with Gasteiger partial charge in [-0.1, -0.05) is 0 Å². The Kier molecular flexibility index (Phi) is 8.32. The number of rotatable bonds is 4. The van der Waals surface area contributed by atoms with Crippen LogP contribution in [0.5, 0.6) is 5.75 Å². The summed E-state index contributed by atoms with van der Waals surface area (Å²) in [5.74, 6) is 0.910. The number of anilines is 1. The first-order valence-corrected chi connectivity index (χ1v) is 7.36. The first-order valence-electron chi connectivity index (χ1n) is 7.36. The molecule has 0 saturated carbocycles. The van der Waals surface area contributed by atoms with Gasteiger partial charge in [0, 0.05) is 53.0 Å². The molecule has 1 aliphatic rings. The van der Waals surface area contributed by atoms with E-state index in [9.17, 15) is 4.79 Å². The zero-order chi connectivity index (χ0) is 16.4. The Morgan fingerprint density at radius 2 is 1.68 bits per heavy atom. The van der Waals surface area contributed by atoms with Gasteiger partial charge in [0.25, 0.3) is 0 Å². The van der Waals surface area contributed by atoms with E-state index < -0.39 is 0 Å². The van der Waals surface area contributed by atoms with Crippen molar-refractivity contribution in [3.63, 3.8) is 0 Å². The second kappa shape index (κ2) is 10.0. The van der Waals surface area contributed by atoms with E-state index in [1.165, 1.54) is 0 Å². The van der Waals surface area contributed by atoms with Gasteiger partial charge < -0.3 is 24.4 Å². The Balaban J connectivity index is 0.000000745. The third-order valence-corrected chi connectivity index (χ3v) is 3.29. The Morgan fingerprint density at radius 1 is 1.14 bits per heavy atom. The highest BCUT2D eigenvalue weighted by Crippen LogP contribution is 2.20. The molecule has 1 amide bonds. The molecule has 2 rings (SSSR count). The maximum atomic E-state index is 11.3. The van der Waals surface area contributed by atoms with Gasteiger partial charge in [-0.05, 0) is 24.3 Å². The van der Waals surface area contributed by atoms with Crippen molar-refractivity contribution in [2.24, 2.45) is 0 Å². The van der Waals surface area contributed by atoms with E-state index in [2.05, 4.69) is 9.64 Å². The fraction of sp³-hybridized carbons (Fsp3) is 0.562. The molecule has 1 heterocycles. The third-order valence-electron chi connectivity index (χ3n) is 3.29. The van der Waals surface area contributed by atoms with Crippen LogP contribution >= 0.6 is 0 Å². The predicted molar refractivity (Wildman–Crippen MR) is 86.4 cm³/mol. The van der Waals surface area contributed by atoms with Crippen molar-refractivity contribution in [3.8, 4) is 5.75 Å². The van der Waals surface area contributed by atoms with Crippen LogP contribution in [0.3, 0.4) is 0 Å². The van der Waals surface area contributed by atoms with Crippen LogP contribution in [0.25, 0.3) is 0 Å². The standard InChI is InChI=1S/C14H20N2O3.C2H6O/c1-12(18)15-6-8-16(9-7-15)13-2-4-14(5-3-13)19-11-10-17;1-3-2/h2-5,17H,6-11H2,1H3;1-2H3. The van der Waals surface area contributed by atoms with Crippen LogP contribution in [0.15, 0.2) is 24.3 Å². The molecule has 0 bridgehead atoms. The van der Waals surface area contributed by atoms with Crippen LogP contribution in [0, 0.1) is 0 Å². The highest BCUT2D eigenvalue weighted by molar-refractivity contribution is 5.73. The van der Waals surface area contributed by atoms with Crippen LogP contribution in [0.1, 0.15) is 6.92 Å². The smallest absolute Gasteiger partial charge is 0.219 e. The summed E-state index contributed by atoms with van der Waals surface area (Å²) < 4.78 is 9.57. The topological polar surface area (TPSA) is 62.2 Å². The number of carbonyl (C=O) groups is 1. The van der Waals surface area contributed by atoms with Crippen molar-refractivity contribution in [3.05, 3.63) is 24.3 Å². The van der Waals surface area contributed by atoms with Crippen molar-refractivity contribution < 1.29 is 19.4 Å². The minimum atomic E-state index is 0.0226. The number of carbonyl (C=O) groups excluding carboxylic acids is 1. The summed E-state index contributed by atoms with van der Waals surface area (Å²) >= 11 is 0. The molecule has 0 unspecified atom stereocenters. The number of amides is 1. The first kappa shape index (κ1) is 18.3. The van der Waals surface area contributed by atoms with Gasteiger partial charge in [0.15, 0.2) is 0 Å². The van der Waals surface area contributed by atoms with Gasteiger partial charge in [-0.25, -0.2) is 0 Å². The molecule has 6 heteroatoms. The maximum absolute atomic E-state index is 11.3. The molecule has 1 N–H and O–H groups in total. The van der Waals surface area contributed by atoms with Crippen molar-refractivity contribution >= 4 is 11.6 Å². The molecule has 0 radical (unpaired) electrons. The second-order valence-corrected chi connectivity index (χ2v) is 4.97. The van der Waals surface area contributed by atoms with E-state index in [0.29, 0.717) is 6.61 Å². The lowest BCUT2D eigenvalue weighted by molar-refractivity contribution is -0.129. The quantitative estimate of drug-likeness (QED) is 0.898. The predicted octanol–water partition coefficient (Wildman–Crippen LogP) is 0.989. The number of methoxy groups -OCH3 is 1. The largest absolute Gasteiger partial charge is 0.491 e. The van der Waals surface area contributed by atoms with Crippen molar-refractivity contribution in [2.75, 3.05) is 58.5 Å². The third kappa shape index (κ3) is 5.91. The van der Waals surface area contributed by atoms with Gasteiger partial charge in [0.1, 0.15) is 12.4 Å². The van der Waals surface area contributed by atoms with Gasteiger partial charge in [-0.2, -0.15) is 0 Å². The van der Waals surface area contributed by atoms with Crippen LogP contribution in [0.2, 0.25) is 0 Å². The Morgan fingerprint density at radius 3 is 2.14 bits per heavy atom. The van der Waals surface area contributed by atoms with Crippen LogP contribution in [0.4, 0.5) is 5.69 Å². The van der Waals surface area contributed by atoms with Crippen molar-refractivity contribution in [2.45, 2.75) is 6.92 Å². The average molecular weight is 310 g/mol. The SMILES string of the molecule is CC(=O)N1CCN(c2ccc(OCCO)cc2)CC1.COC. The Labute approximate surface area is 132 Å². The van der Waals surface area contributed by atoms with Gasteiger partial charge in [0.2, 0.25) is 5.91 Å². The Bertz CT molecular complexity index is 428. The van der Waals surface area contributed by atoms with Crippen LogP contribution in [-0.2, 0) is 9.53 Å². The number of hydrogen-bond donors (Lipinski definition) is 1. The minimum absolute atomic E-state index is 0.0226. The zero-order valence-corrected chi connectivity index (χ0v) is 13.6. The number of piperazine rings is 1. The van der Waals surface area contributed by atoms with E-state index >= 15 is 0 Å². The number of nitrogens with zero attached hydrogens (tertiary/aromatic N) is 2. The van der Waals surface area contributed by atoms with Gasteiger partial charge >= 0.3 is 0 Å². The molecule has 0 aliphatic carbocycles. The first-order chi connectivity index (χ1) is 10.6. The summed E-state index contributed by atoms with van der Waals surface area (Å²) in [5.41, 5.74) is 1.14. The monoisotopic (exact) mass is 310 g/mol. The molecule has 0 spiro atoms. The fourth-order valence-corrected chi connectivity index (χ4v) is 2.20. The molecule has 0 aromatic heterocycles. The maximum Gasteiger partial charge on any atom is 0.219 e. The lowest BCUT2D eigenvalue weighted by atomic mass is 10.2. The highest BCUT2D eigenvalue weighted by atomic mass is 16.5. The van der Waals surface area contributed by atoms with E-state index in [1.54, 1.807) is 21.1 Å². The van der Waals surface area contributed by atoms with Crippen LogP contribution in [-0.4, -0.2) is 69.5 Å². The normalized spacial score (nSPS) is 14.2. The van der Waals surface area contributed by atoms with E-state index in [-0.39, 0.29) is 12.5 Å². The molecule has 22 heavy (non-hydrogen) atoms. The number of benzene rings is 1. The summed E-state index contributed by atoms with van der Waals surface area (Å²) in [6.45, 7) is 5.22. The summed E-state index contributed by atoms with van der Waals surface area (Å²) in [6.07, 6.45) is 0. The fourth-order valence-electron chi connectivity index (χ4n) is 2.20. The second-order valence-electron chi connectivity index (χ2n) is 4.97. The summed E-state index contributed by atoms with van der Waals surface area (Å²) in [7, 11) is 3.25. The average Bonchev–Trinajstić information content (AvgIpc) is 2.54. The summed E-state index contributed by atoms with van der Waals surface area (Å²) in [6, 6.07) is 7.83. The highest BCUT2D eigenvalue weighted by Gasteiger charge is 2.18. The van der Waals surface area contributed by atoms with E-state index in [0.717, 1.165) is 37.6 Å². The van der Waals surface area contributed by atoms with Gasteiger partial charge in [-0.3, -0.25) is 4.79 Å². The van der Waals surface area contributed by atoms with E-state index in [4.69, 9.17) is 9.84 Å². The minimum Gasteiger partial charge on any atom is -0.491 e. The lowest BCUT2D eigenvalue weighted by Crippen LogP contribution is -2.48. The number of hydrogen-bond acceptors (Lipinski definition) is 5. The van der Waals surface area contributed by atoms with E-state index in [1.807, 2.05) is 29.2 Å². The molecule has 1 aromatic carbocycles. The molecule has 1 aromatic rings. The zero-order valence-electron chi connectivity index (χ0n) is 13.6. The Hall–Kier alpha value is -1.79. The van der Waals surface area contributed by atoms with Crippen molar-refractivity contribution in [1.82, 2.24) is 4.90 Å². The van der Waals surface area contributed by atoms with Crippen molar-refractivity contribution in [1.29, 1.82) is 0 Å². The van der Waals surface area contributed by atoms with Gasteiger partial charge in [-0.15, -0.1) is 0 Å². The van der Waals surface area contributed by atoms with Gasteiger partial charge in [0.05, 0.1) is 6.61 Å².